The van der Waals surface area contributed by atoms with Crippen LogP contribution in [0.1, 0.15) is 18.4 Å². The van der Waals surface area contributed by atoms with Crippen LogP contribution < -0.4 is 11.1 Å². The zero-order valence-electron chi connectivity index (χ0n) is 10.6. The lowest BCUT2D eigenvalue weighted by molar-refractivity contribution is -0.138. The summed E-state index contributed by atoms with van der Waals surface area (Å²) >= 11 is 0. The SMILES string of the molecule is NC(CCC(=O)O)C(=O)Nc1cc(C(F)(F)F)ccc1F. The van der Waals surface area contributed by atoms with Gasteiger partial charge in [0.15, 0.2) is 0 Å². The Balaban J connectivity index is 2.82. The molecule has 0 aromatic heterocycles. The number of nitrogens with two attached hydrogens (primary N) is 1. The third-order valence-electron chi connectivity index (χ3n) is 2.56. The van der Waals surface area contributed by atoms with Gasteiger partial charge in [-0.3, -0.25) is 9.59 Å². The molecule has 0 heterocycles. The van der Waals surface area contributed by atoms with Gasteiger partial charge in [-0.1, -0.05) is 0 Å². The first-order valence-corrected chi connectivity index (χ1v) is 5.76. The highest BCUT2D eigenvalue weighted by Crippen LogP contribution is 2.31. The maximum absolute atomic E-state index is 13.4. The van der Waals surface area contributed by atoms with Crippen LogP contribution in [0.2, 0.25) is 0 Å². The number of anilines is 1. The van der Waals surface area contributed by atoms with Crippen LogP contribution in [0.5, 0.6) is 0 Å². The third-order valence-corrected chi connectivity index (χ3v) is 2.56. The minimum Gasteiger partial charge on any atom is -0.481 e. The molecule has 1 rings (SSSR count). The second-order valence-corrected chi connectivity index (χ2v) is 4.22. The van der Waals surface area contributed by atoms with Crippen molar-refractivity contribution in [1.82, 2.24) is 0 Å². The number of hydrogen-bond donors (Lipinski definition) is 3. The Bertz CT molecular complexity index is 546. The van der Waals surface area contributed by atoms with Crippen LogP contribution in [0.3, 0.4) is 0 Å². The molecule has 116 valence electrons. The van der Waals surface area contributed by atoms with E-state index in [9.17, 15) is 27.2 Å². The average molecular weight is 308 g/mol. The van der Waals surface area contributed by atoms with Gasteiger partial charge in [-0.25, -0.2) is 4.39 Å². The summed E-state index contributed by atoms with van der Waals surface area (Å²) in [5, 5.41) is 10.3. The molecule has 1 unspecified atom stereocenters. The van der Waals surface area contributed by atoms with Gasteiger partial charge in [0.2, 0.25) is 5.91 Å². The van der Waals surface area contributed by atoms with E-state index in [4.69, 9.17) is 10.8 Å². The number of halogens is 4. The number of benzene rings is 1. The van der Waals surface area contributed by atoms with Crippen LogP contribution in [-0.2, 0) is 15.8 Å². The maximum Gasteiger partial charge on any atom is 0.416 e. The van der Waals surface area contributed by atoms with E-state index >= 15 is 0 Å². The molecule has 0 aliphatic heterocycles. The van der Waals surface area contributed by atoms with E-state index in [1.807, 2.05) is 5.32 Å². The van der Waals surface area contributed by atoms with Crippen LogP contribution >= 0.6 is 0 Å². The van der Waals surface area contributed by atoms with Gasteiger partial charge in [-0.05, 0) is 24.6 Å². The summed E-state index contributed by atoms with van der Waals surface area (Å²) in [6.45, 7) is 0. The number of aliphatic carboxylic acids is 1. The Labute approximate surface area is 116 Å². The third kappa shape index (κ3) is 5.03. The van der Waals surface area contributed by atoms with Gasteiger partial charge in [0.05, 0.1) is 17.3 Å². The molecular weight excluding hydrogens is 296 g/mol. The lowest BCUT2D eigenvalue weighted by Gasteiger charge is -2.13. The van der Waals surface area contributed by atoms with Crippen molar-refractivity contribution in [3.8, 4) is 0 Å². The van der Waals surface area contributed by atoms with Crippen molar-refractivity contribution in [3.05, 3.63) is 29.6 Å². The first-order chi connectivity index (χ1) is 9.61. The van der Waals surface area contributed by atoms with E-state index in [1.165, 1.54) is 0 Å². The molecule has 1 amide bonds. The van der Waals surface area contributed by atoms with E-state index in [0.29, 0.717) is 18.2 Å². The second kappa shape index (κ2) is 6.53. The van der Waals surface area contributed by atoms with Crippen molar-refractivity contribution in [2.45, 2.75) is 25.1 Å². The van der Waals surface area contributed by atoms with Gasteiger partial charge in [0.1, 0.15) is 5.82 Å². The van der Waals surface area contributed by atoms with Crippen LogP contribution in [0, 0.1) is 5.82 Å². The van der Waals surface area contributed by atoms with Crippen molar-refractivity contribution in [3.63, 3.8) is 0 Å². The number of carbonyl (C=O) groups is 2. The van der Waals surface area contributed by atoms with Crippen LogP contribution in [0.15, 0.2) is 18.2 Å². The molecule has 0 saturated heterocycles. The zero-order valence-corrected chi connectivity index (χ0v) is 10.6. The van der Waals surface area contributed by atoms with Crippen molar-refractivity contribution >= 4 is 17.6 Å². The Morgan fingerprint density at radius 2 is 1.95 bits per heavy atom. The fourth-order valence-corrected chi connectivity index (χ4v) is 1.43. The Morgan fingerprint density at radius 3 is 2.48 bits per heavy atom. The molecular formula is C12H12F4N2O3. The monoisotopic (exact) mass is 308 g/mol. The summed E-state index contributed by atoms with van der Waals surface area (Å²) in [6, 6.07) is 0.281. The van der Waals surface area contributed by atoms with E-state index in [2.05, 4.69) is 0 Å². The van der Waals surface area contributed by atoms with Crippen molar-refractivity contribution in [2.24, 2.45) is 5.73 Å². The van der Waals surface area contributed by atoms with Crippen LogP contribution in [0.25, 0.3) is 0 Å². The molecule has 0 aliphatic carbocycles. The van der Waals surface area contributed by atoms with Crippen LogP contribution in [-0.4, -0.2) is 23.0 Å². The lowest BCUT2D eigenvalue weighted by atomic mass is 10.1. The number of rotatable bonds is 5. The number of nitrogens with one attached hydrogen (secondary N) is 1. The molecule has 4 N–H and O–H groups in total. The molecule has 0 spiro atoms. The molecule has 0 saturated carbocycles. The van der Waals surface area contributed by atoms with Crippen LogP contribution in [0.4, 0.5) is 23.2 Å². The number of carbonyl (C=O) groups excluding carboxylic acids is 1. The molecule has 0 aliphatic rings. The molecule has 0 fully saturated rings. The summed E-state index contributed by atoms with van der Waals surface area (Å²) in [7, 11) is 0. The quantitative estimate of drug-likeness (QED) is 0.725. The zero-order chi connectivity index (χ0) is 16.2. The largest absolute Gasteiger partial charge is 0.481 e. The van der Waals surface area contributed by atoms with E-state index in [-0.39, 0.29) is 12.8 Å². The highest BCUT2D eigenvalue weighted by Gasteiger charge is 2.31. The van der Waals surface area contributed by atoms with Gasteiger partial charge in [-0.2, -0.15) is 13.2 Å². The predicted molar refractivity (Wildman–Crippen MR) is 64.9 cm³/mol. The highest BCUT2D eigenvalue weighted by molar-refractivity contribution is 5.95. The van der Waals surface area contributed by atoms with Gasteiger partial charge < -0.3 is 16.2 Å². The minimum atomic E-state index is -4.68. The molecule has 1 aromatic carbocycles. The fourth-order valence-electron chi connectivity index (χ4n) is 1.43. The summed E-state index contributed by atoms with van der Waals surface area (Å²) in [5.74, 6) is -3.19. The topological polar surface area (TPSA) is 92.4 Å². The second-order valence-electron chi connectivity index (χ2n) is 4.22. The van der Waals surface area contributed by atoms with E-state index < -0.39 is 41.2 Å². The van der Waals surface area contributed by atoms with Gasteiger partial charge >= 0.3 is 12.1 Å². The Kier molecular flexibility index (Phi) is 5.25. The maximum atomic E-state index is 13.4. The predicted octanol–water partition coefficient (Wildman–Crippen LogP) is 1.98. The Morgan fingerprint density at radius 1 is 1.33 bits per heavy atom. The summed E-state index contributed by atoms with van der Waals surface area (Å²) in [4.78, 5) is 21.9. The fraction of sp³-hybridized carbons (Fsp3) is 0.333. The lowest BCUT2D eigenvalue weighted by Crippen LogP contribution is -2.36. The van der Waals surface area contributed by atoms with Crippen molar-refractivity contribution in [2.75, 3.05) is 5.32 Å². The number of carboxylic acids is 1. The standard InChI is InChI=1S/C12H12F4N2O3/c13-7-2-1-6(12(14,15)16)5-9(7)18-11(21)8(17)3-4-10(19)20/h1-2,5,8H,3-4,17H2,(H,18,21)(H,19,20). The summed E-state index contributed by atoms with van der Waals surface area (Å²) in [6.07, 6.45) is -5.29. The molecule has 9 heteroatoms. The Hall–Kier alpha value is -2.16. The minimum absolute atomic E-state index is 0.220. The van der Waals surface area contributed by atoms with E-state index in [1.54, 1.807) is 0 Å². The first-order valence-electron chi connectivity index (χ1n) is 5.76. The smallest absolute Gasteiger partial charge is 0.416 e. The van der Waals surface area contributed by atoms with Gasteiger partial charge in [0.25, 0.3) is 0 Å². The molecule has 5 nitrogen and oxygen atoms in total. The van der Waals surface area contributed by atoms with Gasteiger partial charge in [0, 0.05) is 6.42 Å². The molecule has 0 radical (unpaired) electrons. The molecule has 1 aromatic rings. The normalized spacial score (nSPS) is 12.8. The van der Waals surface area contributed by atoms with Gasteiger partial charge in [-0.15, -0.1) is 0 Å². The summed E-state index contributed by atoms with van der Waals surface area (Å²) < 4.78 is 50.8. The average Bonchev–Trinajstić information content (AvgIpc) is 2.36. The van der Waals surface area contributed by atoms with Crippen molar-refractivity contribution in [1.29, 1.82) is 0 Å². The number of amides is 1. The molecule has 1 atom stereocenters. The number of alkyl halides is 3. The number of hydrogen-bond acceptors (Lipinski definition) is 3. The molecule has 0 bridgehead atoms. The van der Waals surface area contributed by atoms with E-state index in [0.717, 1.165) is 0 Å². The van der Waals surface area contributed by atoms with Crippen molar-refractivity contribution < 1.29 is 32.3 Å². The highest BCUT2D eigenvalue weighted by atomic mass is 19.4. The first kappa shape index (κ1) is 16.9. The molecule has 21 heavy (non-hydrogen) atoms. The summed E-state index contributed by atoms with van der Waals surface area (Å²) in [5.41, 5.74) is 3.57. The number of carboxylic acid groups (broad SMARTS) is 1.